The molecule has 2 amide bonds. The van der Waals surface area contributed by atoms with Crippen molar-refractivity contribution >= 4 is 40.0 Å². The van der Waals surface area contributed by atoms with Crippen LogP contribution < -0.4 is 11.1 Å². The summed E-state index contributed by atoms with van der Waals surface area (Å²) >= 11 is 2.67. The second-order valence-electron chi connectivity index (χ2n) is 5.69. The molecule has 0 saturated heterocycles. The number of anilines is 1. The first-order valence-electron chi connectivity index (χ1n) is 7.97. The van der Waals surface area contributed by atoms with Crippen molar-refractivity contribution in [2.45, 2.75) is 31.0 Å². The van der Waals surface area contributed by atoms with E-state index in [2.05, 4.69) is 20.4 Å². The molecule has 0 aliphatic rings. The number of hydrogen-bond acceptors (Lipinski definition) is 8. The van der Waals surface area contributed by atoms with Crippen LogP contribution in [0.1, 0.15) is 33.1 Å². The summed E-state index contributed by atoms with van der Waals surface area (Å²) in [6.07, 6.45) is 1.68. The highest BCUT2D eigenvalue weighted by molar-refractivity contribution is 7.98. The molecule has 0 saturated carbocycles. The largest absolute Gasteiger partial charge is 0.369 e. The Labute approximate surface area is 163 Å². The van der Waals surface area contributed by atoms with Crippen LogP contribution in [-0.2, 0) is 17.0 Å². The van der Waals surface area contributed by atoms with E-state index in [4.69, 9.17) is 10.3 Å². The third-order valence-electron chi connectivity index (χ3n) is 3.68. The molecule has 0 aliphatic carbocycles. The Morgan fingerprint density at radius 3 is 2.89 bits per heavy atom. The number of primary amides is 1. The number of aromatic nitrogens is 3. The number of amides is 2. The van der Waals surface area contributed by atoms with Gasteiger partial charge in [-0.05, 0) is 26.0 Å². The van der Waals surface area contributed by atoms with Crippen molar-refractivity contribution in [2.24, 2.45) is 5.73 Å². The molecule has 0 aromatic carbocycles. The van der Waals surface area contributed by atoms with Crippen LogP contribution in [0.3, 0.4) is 0 Å². The number of rotatable bonds is 7. The van der Waals surface area contributed by atoms with Crippen molar-refractivity contribution < 1.29 is 14.1 Å². The number of carbonyl (C=O) groups excluding carboxylic acids is 2. The van der Waals surface area contributed by atoms with Crippen molar-refractivity contribution in [1.29, 1.82) is 0 Å². The van der Waals surface area contributed by atoms with Gasteiger partial charge in [-0.2, -0.15) is 0 Å². The molecule has 3 heterocycles. The maximum absolute atomic E-state index is 12.6. The Bertz CT molecular complexity index is 963. The minimum atomic E-state index is -0.469. The third kappa shape index (κ3) is 4.72. The zero-order valence-corrected chi connectivity index (χ0v) is 16.3. The van der Waals surface area contributed by atoms with Gasteiger partial charge in [0, 0.05) is 22.9 Å². The molecule has 3 aromatic heterocycles. The van der Waals surface area contributed by atoms with Crippen molar-refractivity contribution in [2.75, 3.05) is 5.32 Å². The van der Waals surface area contributed by atoms with E-state index < -0.39 is 5.91 Å². The smallest absolute Gasteiger partial charge is 0.260 e. The summed E-state index contributed by atoms with van der Waals surface area (Å²) in [6, 6.07) is 3.41. The molecule has 10 heteroatoms. The molecule has 3 rings (SSSR count). The van der Waals surface area contributed by atoms with E-state index in [0.29, 0.717) is 27.2 Å². The lowest BCUT2D eigenvalue weighted by Gasteiger charge is -2.07. The Morgan fingerprint density at radius 1 is 1.37 bits per heavy atom. The topological polar surface area (TPSA) is 124 Å². The number of aryl methyl sites for hydroxylation is 2. The van der Waals surface area contributed by atoms with Crippen LogP contribution in [0.2, 0.25) is 0 Å². The second kappa shape index (κ2) is 8.31. The average molecular weight is 403 g/mol. The van der Waals surface area contributed by atoms with E-state index in [-0.39, 0.29) is 12.3 Å². The Hall–Kier alpha value is -2.72. The molecule has 27 heavy (non-hydrogen) atoms. The summed E-state index contributed by atoms with van der Waals surface area (Å²) in [5, 5.41) is 9.37. The van der Waals surface area contributed by atoms with Gasteiger partial charge in [0.05, 0.1) is 23.4 Å². The number of nitrogens with two attached hydrogens (primary N) is 1. The molecule has 3 N–H and O–H groups in total. The van der Waals surface area contributed by atoms with Gasteiger partial charge in [-0.15, -0.1) is 23.1 Å². The number of pyridine rings is 1. The van der Waals surface area contributed by atoms with Crippen molar-refractivity contribution in [1.82, 2.24) is 15.1 Å². The molecule has 0 fully saturated rings. The number of hydrogen-bond donors (Lipinski definition) is 2. The number of thioether (sulfide) groups is 1. The number of nitrogens with one attached hydrogen (secondary N) is 1. The van der Waals surface area contributed by atoms with Gasteiger partial charge in [0.25, 0.3) is 5.91 Å². The van der Waals surface area contributed by atoms with Gasteiger partial charge in [0.15, 0.2) is 5.13 Å². The first-order chi connectivity index (χ1) is 12.9. The fourth-order valence-electron chi connectivity index (χ4n) is 2.32. The fourth-order valence-corrected chi connectivity index (χ4v) is 4.17. The zero-order chi connectivity index (χ0) is 19.4. The normalized spacial score (nSPS) is 10.7. The molecule has 140 valence electrons. The van der Waals surface area contributed by atoms with Crippen molar-refractivity contribution in [3.63, 3.8) is 0 Å². The fraction of sp³-hybridized carbons (Fsp3) is 0.235. The highest BCUT2D eigenvalue weighted by Crippen LogP contribution is 2.28. The molecule has 0 atom stereocenters. The zero-order valence-electron chi connectivity index (χ0n) is 14.7. The first-order valence-corrected chi connectivity index (χ1v) is 9.84. The Morgan fingerprint density at radius 2 is 2.19 bits per heavy atom. The minimum absolute atomic E-state index is 0.0395. The minimum Gasteiger partial charge on any atom is -0.369 e. The molecule has 0 bridgehead atoms. The van der Waals surface area contributed by atoms with Gasteiger partial charge in [-0.3, -0.25) is 14.9 Å². The maximum atomic E-state index is 12.6. The van der Waals surface area contributed by atoms with E-state index in [0.717, 1.165) is 17.0 Å². The number of nitrogens with zero attached hydrogens (tertiary/aromatic N) is 3. The predicted octanol–water partition coefficient (Wildman–Crippen LogP) is 2.72. The molecule has 8 nitrogen and oxygen atoms in total. The summed E-state index contributed by atoms with van der Waals surface area (Å²) in [7, 11) is 0. The van der Waals surface area contributed by atoms with Crippen LogP contribution in [-0.4, -0.2) is 26.9 Å². The van der Waals surface area contributed by atoms with Crippen LogP contribution in [0.5, 0.6) is 0 Å². The predicted molar refractivity (Wildman–Crippen MR) is 103 cm³/mol. The summed E-state index contributed by atoms with van der Waals surface area (Å²) in [5.41, 5.74) is 7.95. The molecule has 0 unspecified atom stereocenters. The Kier molecular flexibility index (Phi) is 5.87. The molecule has 0 spiro atoms. The van der Waals surface area contributed by atoms with E-state index in [9.17, 15) is 9.59 Å². The summed E-state index contributed by atoms with van der Waals surface area (Å²) in [5.74, 6) is 0.567. The molecule has 3 aromatic rings. The van der Waals surface area contributed by atoms with Crippen LogP contribution >= 0.6 is 23.1 Å². The van der Waals surface area contributed by atoms with Gasteiger partial charge in [0.2, 0.25) is 5.91 Å². The summed E-state index contributed by atoms with van der Waals surface area (Å²) < 4.78 is 5.17. The average Bonchev–Trinajstić information content (AvgIpc) is 3.19. The van der Waals surface area contributed by atoms with E-state index in [1.165, 1.54) is 23.1 Å². The van der Waals surface area contributed by atoms with E-state index in [1.54, 1.807) is 23.7 Å². The van der Waals surface area contributed by atoms with Crippen molar-refractivity contribution in [3.05, 3.63) is 52.0 Å². The first kappa shape index (κ1) is 19.1. The number of thiazole rings is 1. The lowest BCUT2D eigenvalue weighted by molar-refractivity contribution is -0.117. The van der Waals surface area contributed by atoms with Gasteiger partial charge in [-0.1, -0.05) is 5.16 Å². The lowest BCUT2D eigenvalue weighted by atomic mass is 10.2. The van der Waals surface area contributed by atoms with E-state index in [1.807, 2.05) is 13.8 Å². The van der Waals surface area contributed by atoms with Crippen molar-refractivity contribution in [3.8, 4) is 0 Å². The summed E-state index contributed by atoms with van der Waals surface area (Å²) in [6.45, 7) is 3.73. The van der Waals surface area contributed by atoms with Gasteiger partial charge in [-0.25, -0.2) is 9.97 Å². The molecular weight excluding hydrogens is 386 g/mol. The van der Waals surface area contributed by atoms with Gasteiger partial charge >= 0.3 is 0 Å². The highest BCUT2D eigenvalue weighted by atomic mass is 32.2. The second-order valence-corrected chi connectivity index (χ2v) is 7.51. The highest BCUT2D eigenvalue weighted by Gasteiger charge is 2.17. The van der Waals surface area contributed by atoms with Gasteiger partial charge < -0.3 is 10.3 Å². The van der Waals surface area contributed by atoms with Crippen LogP contribution in [0.25, 0.3) is 0 Å². The van der Waals surface area contributed by atoms with Gasteiger partial charge in [0.1, 0.15) is 10.8 Å². The summed E-state index contributed by atoms with van der Waals surface area (Å²) in [4.78, 5) is 32.1. The quantitative estimate of drug-likeness (QED) is 0.581. The number of carbonyl (C=O) groups is 2. The SMILES string of the molecule is Cc1noc(C)c1CSc1ncccc1C(=O)Nc1nc(CC(N)=O)cs1. The monoisotopic (exact) mass is 403 g/mol. The maximum Gasteiger partial charge on any atom is 0.260 e. The van der Waals surface area contributed by atoms with Crippen LogP contribution in [0, 0.1) is 13.8 Å². The van der Waals surface area contributed by atoms with E-state index >= 15 is 0 Å². The third-order valence-corrected chi connectivity index (χ3v) is 5.52. The molecular formula is C17H17N5O3S2. The molecule has 0 aliphatic heterocycles. The van der Waals surface area contributed by atoms with Crippen LogP contribution in [0.15, 0.2) is 33.3 Å². The standard InChI is InChI=1S/C17H17N5O3S2/c1-9-13(10(2)25-22-9)8-26-16-12(4-3-5-19-16)15(24)21-17-20-11(7-27-17)6-14(18)23/h3-5,7H,6,8H2,1-2H3,(H2,18,23)(H,20,21,24). The Balaban J connectivity index is 1.72. The molecule has 0 radical (unpaired) electrons. The lowest BCUT2D eigenvalue weighted by Crippen LogP contribution is -2.15. The van der Waals surface area contributed by atoms with Crippen LogP contribution in [0.4, 0.5) is 5.13 Å².